The summed E-state index contributed by atoms with van der Waals surface area (Å²) in [5, 5.41) is 0. The van der Waals surface area contributed by atoms with Crippen LogP contribution in [0.2, 0.25) is 0 Å². The molecule has 1 aliphatic heterocycles. The predicted octanol–water partition coefficient (Wildman–Crippen LogP) is 2.76. The number of carbonyl (C=O) groups is 2. The lowest BCUT2D eigenvalue weighted by atomic mass is 10.0. The normalized spacial score (nSPS) is 13.5. The van der Waals surface area contributed by atoms with Crippen LogP contribution in [0.4, 0.5) is 0 Å². The van der Waals surface area contributed by atoms with E-state index in [1.807, 2.05) is 6.07 Å². The van der Waals surface area contributed by atoms with E-state index >= 15 is 0 Å². The Morgan fingerprint density at radius 3 is 2.43 bits per heavy atom. The van der Waals surface area contributed by atoms with Crippen molar-refractivity contribution in [3.63, 3.8) is 0 Å². The van der Waals surface area contributed by atoms with E-state index in [9.17, 15) is 9.59 Å². The highest BCUT2D eigenvalue weighted by atomic mass is 16.7. The molecule has 2 aromatic carbocycles. The maximum absolute atomic E-state index is 12.6. The number of ketones is 1. The molecule has 3 rings (SSSR count). The summed E-state index contributed by atoms with van der Waals surface area (Å²) < 4.78 is 10.5. The number of hydrogen-bond acceptors (Lipinski definition) is 4. The summed E-state index contributed by atoms with van der Waals surface area (Å²) in [6.07, 6.45) is 0. The summed E-state index contributed by atoms with van der Waals surface area (Å²) >= 11 is 0. The van der Waals surface area contributed by atoms with Crippen LogP contribution in [0.25, 0.3) is 0 Å². The zero-order valence-electron chi connectivity index (χ0n) is 13.0. The van der Waals surface area contributed by atoms with Crippen LogP contribution in [-0.4, -0.2) is 36.5 Å². The van der Waals surface area contributed by atoms with E-state index in [1.165, 1.54) is 4.90 Å². The quantitative estimate of drug-likeness (QED) is 0.815. The van der Waals surface area contributed by atoms with Gasteiger partial charge in [0.05, 0.1) is 6.04 Å². The van der Waals surface area contributed by atoms with Gasteiger partial charge in [-0.3, -0.25) is 9.59 Å². The number of benzene rings is 2. The summed E-state index contributed by atoms with van der Waals surface area (Å²) in [4.78, 5) is 26.5. The minimum absolute atomic E-state index is 0.143. The molecule has 0 radical (unpaired) electrons. The van der Waals surface area contributed by atoms with Crippen LogP contribution in [0.3, 0.4) is 0 Å². The zero-order chi connectivity index (χ0) is 16.4. The molecular formula is C18H17NO4. The first kappa shape index (κ1) is 15.1. The molecule has 1 aliphatic rings. The molecule has 1 amide bonds. The molecule has 0 bridgehead atoms. The molecule has 0 saturated heterocycles. The van der Waals surface area contributed by atoms with E-state index in [4.69, 9.17) is 9.47 Å². The van der Waals surface area contributed by atoms with Crippen molar-refractivity contribution in [3.05, 3.63) is 59.7 Å². The first-order chi connectivity index (χ1) is 11.1. The smallest absolute Gasteiger partial charge is 0.254 e. The van der Waals surface area contributed by atoms with Crippen LogP contribution >= 0.6 is 0 Å². The SMILES string of the molecule is C[C@@H](C(=O)c1ccc2c(c1)OCO2)N(C)C(=O)c1ccccc1. The summed E-state index contributed by atoms with van der Waals surface area (Å²) in [7, 11) is 1.63. The van der Waals surface area contributed by atoms with Crippen LogP contribution in [0.5, 0.6) is 11.5 Å². The van der Waals surface area contributed by atoms with Crippen LogP contribution in [0.1, 0.15) is 27.6 Å². The molecule has 0 N–H and O–H groups in total. The number of likely N-dealkylation sites (N-methyl/N-ethyl adjacent to an activating group) is 1. The topological polar surface area (TPSA) is 55.8 Å². The Morgan fingerprint density at radius 1 is 1.00 bits per heavy atom. The molecule has 0 saturated carbocycles. The van der Waals surface area contributed by atoms with E-state index in [2.05, 4.69) is 0 Å². The second-order valence-corrected chi connectivity index (χ2v) is 5.39. The summed E-state index contributed by atoms with van der Waals surface area (Å²) in [6.45, 7) is 1.88. The van der Waals surface area contributed by atoms with Crippen LogP contribution < -0.4 is 9.47 Å². The average molecular weight is 311 g/mol. The number of hydrogen-bond donors (Lipinski definition) is 0. The first-order valence-corrected chi connectivity index (χ1v) is 7.34. The van der Waals surface area contributed by atoms with E-state index in [0.29, 0.717) is 22.6 Å². The number of Topliss-reactive ketones (excluding diaryl/α,β-unsaturated/α-hetero) is 1. The molecule has 0 aliphatic carbocycles. The minimum atomic E-state index is -0.580. The second-order valence-electron chi connectivity index (χ2n) is 5.39. The zero-order valence-corrected chi connectivity index (χ0v) is 13.0. The fraction of sp³-hybridized carbons (Fsp3) is 0.222. The van der Waals surface area contributed by atoms with Gasteiger partial charge in [0.25, 0.3) is 5.91 Å². The predicted molar refractivity (Wildman–Crippen MR) is 84.9 cm³/mol. The highest BCUT2D eigenvalue weighted by Crippen LogP contribution is 2.33. The first-order valence-electron chi connectivity index (χ1n) is 7.34. The molecule has 1 atom stereocenters. The average Bonchev–Trinajstić information content (AvgIpc) is 3.07. The van der Waals surface area contributed by atoms with Gasteiger partial charge in [0, 0.05) is 18.2 Å². The van der Waals surface area contributed by atoms with Crippen molar-refractivity contribution in [1.29, 1.82) is 0 Å². The largest absolute Gasteiger partial charge is 0.454 e. The van der Waals surface area contributed by atoms with Crippen molar-refractivity contribution in [2.45, 2.75) is 13.0 Å². The van der Waals surface area contributed by atoms with Gasteiger partial charge < -0.3 is 14.4 Å². The number of carbonyl (C=O) groups excluding carboxylic acids is 2. The van der Waals surface area contributed by atoms with Gasteiger partial charge in [0.15, 0.2) is 17.3 Å². The Balaban J connectivity index is 1.78. The van der Waals surface area contributed by atoms with E-state index < -0.39 is 6.04 Å². The lowest BCUT2D eigenvalue weighted by Gasteiger charge is -2.24. The van der Waals surface area contributed by atoms with Crippen LogP contribution in [0.15, 0.2) is 48.5 Å². The van der Waals surface area contributed by atoms with Gasteiger partial charge in [-0.25, -0.2) is 0 Å². The van der Waals surface area contributed by atoms with Gasteiger partial charge in [0.2, 0.25) is 6.79 Å². The number of amides is 1. The van der Waals surface area contributed by atoms with Crippen molar-refractivity contribution in [2.24, 2.45) is 0 Å². The number of rotatable bonds is 4. The molecule has 0 unspecified atom stereocenters. The third-order valence-corrected chi connectivity index (χ3v) is 3.96. The standard InChI is InChI=1S/C18H17NO4/c1-12(19(2)18(21)13-6-4-3-5-7-13)17(20)14-8-9-15-16(10-14)23-11-22-15/h3-10,12H,11H2,1-2H3/t12-/m0/s1. The highest BCUT2D eigenvalue weighted by Gasteiger charge is 2.25. The summed E-state index contributed by atoms with van der Waals surface area (Å²) in [5.41, 5.74) is 1.05. The second kappa shape index (κ2) is 6.12. The molecule has 118 valence electrons. The Bertz CT molecular complexity index is 742. The number of ether oxygens (including phenoxy) is 2. The van der Waals surface area contributed by atoms with Gasteiger partial charge in [-0.2, -0.15) is 0 Å². The lowest BCUT2D eigenvalue weighted by molar-refractivity contribution is 0.0675. The molecule has 1 heterocycles. The Kier molecular flexibility index (Phi) is 4.02. The fourth-order valence-corrected chi connectivity index (χ4v) is 2.43. The van der Waals surface area contributed by atoms with Gasteiger partial charge in [-0.05, 0) is 37.3 Å². The van der Waals surface area contributed by atoms with Gasteiger partial charge >= 0.3 is 0 Å². The molecule has 0 aromatic heterocycles. The minimum Gasteiger partial charge on any atom is -0.454 e. The lowest BCUT2D eigenvalue weighted by Crippen LogP contribution is -2.40. The van der Waals surface area contributed by atoms with Crippen molar-refractivity contribution >= 4 is 11.7 Å². The van der Waals surface area contributed by atoms with Crippen molar-refractivity contribution in [2.75, 3.05) is 13.8 Å². The molecule has 5 heteroatoms. The number of nitrogens with zero attached hydrogens (tertiary/aromatic N) is 1. The summed E-state index contributed by atoms with van der Waals surface area (Å²) in [5.74, 6) is 0.852. The molecule has 23 heavy (non-hydrogen) atoms. The van der Waals surface area contributed by atoms with E-state index in [-0.39, 0.29) is 18.5 Å². The molecule has 0 fully saturated rings. The van der Waals surface area contributed by atoms with Crippen molar-refractivity contribution in [3.8, 4) is 11.5 Å². The van der Waals surface area contributed by atoms with Gasteiger partial charge in [-0.15, -0.1) is 0 Å². The maximum atomic E-state index is 12.6. The maximum Gasteiger partial charge on any atom is 0.254 e. The fourth-order valence-electron chi connectivity index (χ4n) is 2.43. The van der Waals surface area contributed by atoms with E-state index in [0.717, 1.165) is 0 Å². The Morgan fingerprint density at radius 2 is 1.70 bits per heavy atom. The van der Waals surface area contributed by atoms with Gasteiger partial charge in [-0.1, -0.05) is 18.2 Å². The molecule has 0 spiro atoms. The monoisotopic (exact) mass is 311 g/mol. The third kappa shape index (κ3) is 2.90. The number of fused-ring (bicyclic) bond motifs is 1. The van der Waals surface area contributed by atoms with Gasteiger partial charge in [0.1, 0.15) is 0 Å². The highest BCUT2D eigenvalue weighted by molar-refractivity contribution is 6.04. The van der Waals surface area contributed by atoms with Crippen LogP contribution in [-0.2, 0) is 0 Å². The van der Waals surface area contributed by atoms with Crippen molar-refractivity contribution in [1.82, 2.24) is 4.90 Å². The van der Waals surface area contributed by atoms with E-state index in [1.54, 1.807) is 56.4 Å². The van der Waals surface area contributed by atoms with Crippen molar-refractivity contribution < 1.29 is 19.1 Å². The molecule has 2 aromatic rings. The van der Waals surface area contributed by atoms with Crippen LogP contribution in [0, 0.1) is 0 Å². The Hall–Kier alpha value is -2.82. The molecular weight excluding hydrogens is 294 g/mol. The summed E-state index contributed by atoms with van der Waals surface area (Å²) in [6, 6.07) is 13.4. The molecule has 5 nitrogen and oxygen atoms in total. The third-order valence-electron chi connectivity index (χ3n) is 3.96. The Labute approximate surface area is 134 Å².